The molecule has 0 fully saturated rings. The molecule has 0 radical (unpaired) electrons. The van der Waals surface area contributed by atoms with Gasteiger partial charge in [-0.15, -0.1) is 0 Å². The lowest BCUT2D eigenvalue weighted by atomic mass is 9.97. The highest BCUT2D eigenvalue weighted by Gasteiger charge is 2.32. The van der Waals surface area contributed by atoms with E-state index in [0.29, 0.717) is 15.5 Å². The van der Waals surface area contributed by atoms with Crippen LogP contribution < -0.4 is 0 Å². The highest BCUT2D eigenvalue weighted by atomic mass is 35.5. The Morgan fingerprint density at radius 1 is 1.17 bits per heavy atom. The summed E-state index contributed by atoms with van der Waals surface area (Å²) in [5.74, 6) is -1.60. The van der Waals surface area contributed by atoms with E-state index >= 15 is 0 Å². The molecule has 0 aliphatic heterocycles. The van der Waals surface area contributed by atoms with Gasteiger partial charge in [-0.3, -0.25) is 9.00 Å². The van der Waals surface area contributed by atoms with Crippen LogP contribution >= 0.6 is 11.6 Å². The second kappa shape index (κ2) is 8.97. The van der Waals surface area contributed by atoms with Gasteiger partial charge in [-0.1, -0.05) is 48.0 Å². The number of ether oxygens (including phenoxy) is 1. The van der Waals surface area contributed by atoms with Gasteiger partial charge in [0.15, 0.2) is 0 Å². The third-order valence-electron chi connectivity index (χ3n) is 3.53. The molecule has 0 spiro atoms. The summed E-state index contributed by atoms with van der Waals surface area (Å²) in [5, 5.41) is 11.0. The largest absolute Gasteiger partial charge is 0.466 e. The van der Waals surface area contributed by atoms with Crippen molar-refractivity contribution in [2.24, 2.45) is 5.92 Å². The van der Waals surface area contributed by atoms with Crippen LogP contribution in [0.15, 0.2) is 59.5 Å². The number of carbonyl (C=O) groups is 1. The van der Waals surface area contributed by atoms with Crippen LogP contribution in [0.25, 0.3) is 0 Å². The Balaban J connectivity index is 2.26. The van der Waals surface area contributed by atoms with Gasteiger partial charge in [0.2, 0.25) is 0 Å². The Kier molecular flexibility index (Phi) is 6.97. The first kappa shape index (κ1) is 18.6. The van der Waals surface area contributed by atoms with Crippen LogP contribution in [0, 0.1) is 5.92 Å². The molecule has 0 aliphatic rings. The summed E-state index contributed by atoms with van der Waals surface area (Å²) < 4.78 is 17.6. The summed E-state index contributed by atoms with van der Waals surface area (Å²) in [4.78, 5) is 12.9. The fourth-order valence-electron chi connectivity index (χ4n) is 2.30. The molecule has 0 saturated heterocycles. The molecule has 2 aromatic carbocycles. The summed E-state index contributed by atoms with van der Waals surface area (Å²) in [6, 6.07) is 15.6. The molecular formula is C18H19ClO4S. The number of halogens is 1. The van der Waals surface area contributed by atoms with Crippen molar-refractivity contribution < 1.29 is 18.8 Å². The quantitative estimate of drug-likeness (QED) is 0.763. The number of hydrogen-bond acceptors (Lipinski definition) is 4. The first-order chi connectivity index (χ1) is 11.5. The van der Waals surface area contributed by atoms with Gasteiger partial charge in [0, 0.05) is 15.7 Å². The monoisotopic (exact) mass is 366 g/mol. The van der Waals surface area contributed by atoms with Crippen LogP contribution in [-0.2, 0) is 20.3 Å². The number of carbonyl (C=O) groups excluding carboxylic acids is 1. The van der Waals surface area contributed by atoms with E-state index < -0.39 is 28.8 Å². The average molecular weight is 367 g/mol. The summed E-state index contributed by atoms with van der Waals surface area (Å²) >= 11 is 6.11. The topological polar surface area (TPSA) is 63.6 Å². The van der Waals surface area contributed by atoms with Crippen molar-refractivity contribution >= 4 is 28.4 Å². The minimum absolute atomic E-state index is 0.0464. The van der Waals surface area contributed by atoms with Gasteiger partial charge in [-0.05, 0) is 30.7 Å². The van der Waals surface area contributed by atoms with Crippen molar-refractivity contribution in [3.63, 3.8) is 0 Å². The van der Waals surface area contributed by atoms with Crippen LogP contribution in [0.4, 0.5) is 0 Å². The van der Waals surface area contributed by atoms with E-state index in [4.69, 9.17) is 16.3 Å². The molecule has 1 unspecified atom stereocenters. The van der Waals surface area contributed by atoms with Gasteiger partial charge in [-0.25, -0.2) is 0 Å². The highest BCUT2D eigenvalue weighted by Crippen LogP contribution is 2.30. The van der Waals surface area contributed by atoms with E-state index in [1.807, 2.05) is 6.07 Å². The maximum Gasteiger partial charge on any atom is 0.312 e. The molecule has 1 N–H and O–H groups in total. The molecule has 0 aliphatic carbocycles. The summed E-state index contributed by atoms with van der Waals surface area (Å²) in [6.45, 7) is 1.87. The summed E-state index contributed by atoms with van der Waals surface area (Å²) in [7, 11) is -1.44. The Morgan fingerprint density at radius 3 is 2.42 bits per heavy atom. The fraction of sp³-hybridized carbons (Fsp3) is 0.278. The number of aliphatic hydroxyl groups is 1. The van der Waals surface area contributed by atoms with Crippen LogP contribution in [0.5, 0.6) is 0 Å². The average Bonchev–Trinajstić information content (AvgIpc) is 2.60. The maximum absolute atomic E-state index is 12.5. The first-order valence-electron chi connectivity index (χ1n) is 7.57. The molecule has 0 saturated carbocycles. The fourth-order valence-corrected chi connectivity index (χ4v) is 3.85. The molecular weight excluding hydrogens is 348 g/mol. The molecule has 3 atom stereocenters. The van der Waals surface area contributed by atoms with Crippen molar-refractivity contribution in [1.29, 1.82) is 0 Å². The summed E-state index contributed by atoms with van der Waals surface area (Å²) in [6.07, 6.45) is -1.19. The molecule has 0 amide bonds. The SMILES string of the molecule is CCOC(=O)[C@H](CS(=O)c1ccccc1)[C@@H](O)c1ccccc1Cl. The van der Waals surface area contributed by atoms with Gasteiger partial charge in [0.1, 0.15) is 0 Å². The standard InChI is InChI=1S/C18H19ClO4S/c1-2-23-18(21)15(12-24(22)13-8-4-3-5-9-13)17(20)14-10-6-7-11-16(14)19/h3-11,15,17,20H,2,12H2,1H3/t15-,17+,24?/m1/s1. The third-order valence-corrected chi connectivity index (χ3v) is 5.34. The van der Waals surface area contributed by atoms with E-state index in [1.54, 1.807) is 55.5 Å². The second-order valence-corrected chi connectivity index (χ2v) is 7.05. The lowest BCUT2D eigenvalue weighted by Crippen LogP contribution is -2.29. The molecule has 2 aromatic rings. The van der Waals surface area contributed by atoms with Crippen molar-refractivity contribution in [3.8, 4) is 0 Å². The van der Waals surface area contributed by atoms with Crippen LogP contribution in [0.1, 0.15) is 18.6 Å². The number of hydrogen-bond donors (Lipinski definition) is 1. The zero-order chi connectivity index (χ0) is 17.5. The maximum atomic E-state index is 12.5. The predicted molar refractivity (Wildman–Crippen MR) is 94.3 cm³/mol. The lowest BCUT2D eigenvalue weighted by molar-refractivity contribution is -0.151. The Bertz CT molecular complexity index is 705. The van der Waals surface area contributed by atoms with Crippen LogP contribution in [0.3, 0.4) is 0 Å². The Labute approximate surface area is 148 Å². The highest BCUT2D eigenvalue weighted by molar-refractivity contribution is 7.85. The smallest absolute Gasteiger partial charge is 0.312 e. The van der Waals surface area contributed by atoms with Crippen LogP contribution in [-0.4, -0.2) is 27.6 Å². The minimum atomic E-state index is -1.44. The van der Waals surface area contributed by atoms with Crippen molar-refractivity contribution in [1.82, 2.24) is 0 Å². The van der Waals surface area contributed by atoms with E-state index in [0.717, 1.165) is 0 Å². The molecule has 128 valence electrons. The molecule has 2 rings (SSSR count). The van der Waals surface area contributed by atoms with Gasteiger partial charge in [-0.2, -0.15) is 0 Å². The van der Waals surface area contributed by atoms with E-state index in [9.17, 15) is 14.1 Å². The Morgan fingerprint density at radius 2 is 1.79 bits per heavy atom. The minimum Gasteiger partial charge on any atom is -0.466 e. The normalized spacial score (nSPS) is 14.6. The second-order valence-electron chi connectivity index (χ2n) is 5.15. The molecule has 4 nitrogen and oxygen atoms in total. The molecule has 6 heteroatoms. The van der Waals surface area contributed by atoms with E-state index in [1.165, 1.54) is 0 Å². The zero-order valence-electron chi connectivity index (χ0n) is 13.2. The molecule has 24 heavy (non-hydrogen) atoms. The van der Waals surface area contributed by atoms with E-state index in [2.05, 4.69) is 0 Å². The number of aliphatic hydroxyl groups excluding tert-OH is 1. The molecule has 0 heterocycles. The van der Waals surface area contributed by atoms with Gasteiger partial charge in [0.05, 0.1) is 29.4 Å². The molecule has 0 aromatic heterocycles. The first-order valence-corrected chi connectivity index (χ1v) is 9.26. The lowest BCUT2D eigenvalue weighted by Gasteiger charge is -2.22. The predicted octanol–water partition coefficient (Wildman–Crippen LogP) is 3.36. The van der Waals surface area contributed by atoms with Crippen molar-refractivity contribution in [3.05, 3.63) is 65.2 Å². The molecule has 0 bridgehead atoms. The number of rotatable bonds is 7. The number of esters is 1. The third kappa shape index (κ3) is 4.66. The Hall–Kier alpha value is -1.69. The van der Waals surface area contributed by atoms with Crippen LogP contribution in [0.2, 0.25) is 5.02 Å². The summed E-state index contributed by atoms with van der Waals surface area (Å²) in [5.41, 5.74) is 0.419. The number of benzene rings is 2. The van der Waals surface area contributed by atoms with Gasteiger partial charge in [0.25, 0.3) is 0 Å². The zero-order valence-corrected chi connectivity index (χ0v) is 14.8. The van der Waals surface area contributed by atoms with E-state index in [-0.39, 0.29) is 12.4 Å². The van der Waals surface area contributed by atoms with Crippen molar-refractivity contribution in [2.75, 3.05) is 12.4 Å². The van der Waals surface area contributed by atoms with Gasteiger partial charge < -0.3 is 9.84 Å². The van der Waals surface area contributed by atoms with Crippen molar-refractivity contribution in [2.45, 2.75) is 17.9 Å². The van der Waals surface area contributed by atoms with Gasteiger partial charge >= 0.3 is 5.97 Å².